The van der Waals surface area contributed by atoms with Crippen LogP contribution in [-0.4, -0.2) is 0 Å². The van der Waals surface area contributed by atoms with Gasteiger partial charge in [0.25, 0.3) is 0 Å². The molecule has 1 aromatic heterocycles. The van der Waals surface area contributed by atoms with Gasteiger partial charge >= 0.3 is 0 Å². The van der Waals surface area contributed by atoms with Crippen LogP contribution < -0.4 is 9.64 Å². The number of hydrogen-bond donors (Lipinski definition) is 0. The van der Waals surface area contributed by atoms with Gasteiger partial charge in [0.1, 0.15) is 22.7 Å². The second-order valence-corrected chi connectivity index (χ2v) is 22.9. The molecule has 1 aliphatic heterocycles. The van der Waals surface area contributed by atoms with Crippen molar-refractivity contribution in [3.05, 3.63) is 354 Å². The molecule has 0 bridgehead atoms. The van der Waals surface area contributed by atoms with Crippen LogP contribution in [0.15, 0.2) is 314 Å². The average molecular weight is 1080 g/mol. The van der Waals surface area contributed by atoms with E-state index in [0.29, 0.717) is 0 Å². The molecule has 396 valence electrons. The Morgan fingerprint density at radius 2 is 0.741 bits per heavy atom. The van der Waals surface area contributed by atoms with Crippen molar-refractivity contribution in [1.29, 1.82) is 0 Å². The van der Waals surface area contributed by atoms with Gasteiger partial charge in [-0.15, -0.1) is 0 Å². The molecule has 0 N–H and O–H groups in total. The number of hydrogen-bond acceptors (Lipinski definition) is 3. The highest BCUT2D eigenvalue weighted by atomic mass is 16.5. The maximum Gasteiger partial charge on any atom is 0.140 e. The van der Waals surface area contributed by atoms with Crippen LogP contribution in [0, 0.1) is 0 Å². The van der Waals surface area contributed by atoms with Gasteiger partial charge in [-0.1, -0.05) is 261 Å². The van der Waals surface area contributed by atoms with Gasteiger partial charge in [-0.2, -0.15) is 0 Å². The van der Waals surface area contributed by atoms with Gasteiger partial charge in [0.05, 0.1) is 16.5 Å². The molecule has 0 saturated heterocycles. The lowest BCUT2D eigenvalue weighted by Gasteiger charge is -2.40. The fourth-order valence-corrected chi connectivity index (χ4v) is 15.3. The molecule has 85 heavy (non-hydrogen) atoms. The molecule has 18 rings (SSSR count). The monoisotopic (exact) mass is 1080 g/mol. The Morgan fingerprint density at radius 3 is 1.39 bits per heavy atom. The predicted octanol–water partition coefficient (Wildman–Crippen LogP) is 21.5. The molecule has 0 saturated carbocycles. The number of rotatable bonds is 7. The van der Waals surface area contributed by atoms with E-state index >= 15 is 0 Å². The summed E-state index contributed by atoms with van der Waals surface area (Å²) in [5.41, 5.74) is 23.2. The zero-order chi connectivity index (χ0) is 55.8. The van der Waals surface area contributed by atoms with E-state index in [0.717, 1.165) is 99.9 Å². The summed E-state index contributed by atoms with van der Waals surface area (Å²) in [6.45, 7) is 0. The van der Waals surface area contributed by atoms with Crippen LogP contribution in [0.5, 0.6) is 11.5 Å². The van der Waals surface area contributed by atoms with Crippen molar-refractivity contribution in [2.75, 3.05) is 4.90 Å². The number of furan rings is 1. The van der Waals surface area contributed by atoms with Crippen LogP contribution in [0.25, 0.3) is 88.0 Å². The van der Waals surface area contributed by atoms with Crippen molar-refractivity contribution in [3.8, 4) is 56.0 Å². The summed E-state index contributed by atoms with van der Waals surface area (Å²) < 4.78 is 13.6. The van der Waals surface area contributed by atoms with Crippen LogP contribution in [0.4, 0.5) is 17.1 Å². The summed E-state index contributed by atoms with van der Waals surface area (Å²) in [6, 6.07) is 114. The number of fused-ring (bicyclic) bond motifs is 19. The summed E-state index contributed by atoms with van der Waals surface area (Å²) in [6.07, 6.45) is 0. The highest BCUT2D eigenvalue weighted by molar-refractivity contribution is 6.07. The third kappa shape index (κ3) is 6.66. The molecule has 0 atom stereocenters. The molecule has 2 aliphatic carbocycles. The predicted molar refractivity (Wildman–Crippen MR) is 349 cm³/mol. The maximum absolute atomic E-state index is 7.29. The van der Waals surface area contributed by atoms with Crippen molar-refractivity contribution in [2.45, 2.75) is 10.8 Å². The Morgan fingerprint density at radius 1 is 0.271 bits per heavy atom. The molecule has 14 aromatic carbocycles. The zero-order valence-electron chi connectivity index (χ0n) is 46.2. The number of nitrogens with zero attached hydrogens (tertiary/aromatic N) is 1. The van der Waals surface area contributed by atoms with Gasteiger partial charge in [-0.25, -0.2) is 0 Å². The smallest absolute Gasteiger partial charge is 0.140 e. The molecule has 3 aliphatic rings. The summed E-state index contributed by atoms with van der Waals surface area (Å²) in [4.78, 5) is 2.48. The first-order chi connectivity index (χ1) is 42.2. The highest BCUT2D eigenvalue weighted by Gasteiger charge is 2.53. The molecule has 0 unspecified atom stereocenters. The van der Waals surface area contributed by atoms with Crippen molar-refractivity contribution >= 4 is 60.5 Å². The van der Waals surface area contributed by atoms with Gasteiger partial charge in [0, 0.05) is 49.6 Å². The second-order valence-electron chi connectivity index (χ2n) is 22.9. The minimum Gasteiger partial charge on any atom is -0.456 e. The molecular formula is C82H51NO2. The van der Waals surface area contributed by atoms with Crippen LogP contribution in [0.1, 0.15) is 44.5 Å². The van der Waals surface area contributed by atoms with E-state index in [1.54, 1.807) is 0 Å². The Balaban J connectivity index is 0.834. The number of ether oxygens (including phenoxy) is 1. The van der Waals surface area contributed by atoms with Crippen LogP contribution in [0.2, 0.25) is 0 Å². The van der Waals surface area contributed by atoms with Crippen molar-refractivity contribution in [3.63, 3.8) is 0 Å². The standard InChI is InChI=1S/C82H51NO2/c1-3-21-57(22-4-1)81(58-23-5-2-6-24-58)68-31-14-12-29-66(68)78-71(81)34-18-35-74(78)83(59-44-37-52(38-45-59)56-43-50-76-67(51-56)64-27-13-16-36-75(64)84-76)60-46-39-55(40-47-60)61-30-17-33-70-77(61)65-28-11-15-32-69(65)82(70)72-48-41-53-19-7-9-25-62(53)79(72)85-80-63-26-10-8-20-54(63)42-49-73(80)82/h1-51H. The first-order valence-corrected chi connectivity index (χ1v) is 29.4. The molecule has 1 spiro atoms. The Kier molecular flexibility index (Phi) is 10.2. The minimum absolute atomic E-state index is 0.563. The van der Waals surface area contributed by atoms with Crippen molar-refractivity contribution < 1.29 is 9.15 Å². The molecule has 3 heteroatoms. The minimum atomic E-state index is -0.654. The first kappa shape index (κ1) is 47.6. The number of anilines is 3. The van der Waals surface area contributed by atoms with Crippen LogP contribution in [0.3, 0.4) is 0 Å². The second kappa shape index (κ2) is 18.2. The lowest BCUT2D eigenvalue weighted by atomic mass is 9.65. The maximum atomic E-state index is 7.29. The zero-order valence-corrected chi connectivity index (χ0v) is 46.2. The third-order valence-corrected chi connectivity index (χ3v) is 18.8. The van der Waals surface area contributed by atoms with Gasteiger partial charge in [0.2, 0.25) is 0 Å². The molecule has 0 amide bonds. The average Bonchev–Trinajstić information content (AvgIpc) is 1.74. The fourth-order valence-electron chi connectivity index (χ4n) is 15.3. The number of para-hydroxylation sites is 1. The quantitative estimate of drug-likeness (QED) is 0.159. The normalized spacial score (nSPS) is 13.7. The highest BCUT2D eigenvalue weighted by Crippen LogP contribution is 2.66. The van der Waals surface area contributed by atoms with E-state index in [9.17, 15) is 0 Å². The lowest BCUT2D eigenvalue weighted by Crippen LogP contribution is -2.32. The molecule has 15 aromatic rings. The topological polar surface area (TPSA) is 25.6 Å². The Hall–Kier alpha value is -11.0. The van der Waals surface area contributed by atoms with E-state index in [-0.39, 0.29) is 0 Å². The van der Waals surface area contributed by atoms with Crippen molar-refractivity contribution in [2.24, 2.45) is 0 Å². The van der Waals surface area contributed by atoms with Gasteiger partial charge in [-0.05, 0) is 132 Å². The first-order valence-electron chi connectivity index (χ1n) is 29.4. The van der Waals surface area contributed by atoms with E-state index in [1.807, 2.05) is 12.1 Å². The van der Waals surface area contributed by atoms with E-state index in [4.69, 9.17) is 9.15 Å². The Labute approximate surface area is 492 Å². The van der Waals surface area contributed by atoms with Crippen LogP contribution >= 0.6 is 0 Å². The molecule has 0 fully saturated rings. The van der Waals surface area contributed by atoms with E-state index < -0.39 is 10.8 Å². The largest absolute Gasteiger partial charge is 0.456 e. The SMILES string of the molecule is c1ccc(C2(c3ccccc3)c3ccccc3-c3c(N(c4ccc(-c5ccc6oc7ccccc7c6c5)cc4)c4ccc(-c5cccc6c5-c5ccccc5C65c6ccc7ccccc7c6Oc6c5ccc5ccccc65)cc4)cccc32)cc1. The van der Waals surface area contributed by atoms with Gasteiger partial charge < -0.3 is 14.1 Å². The molecule has 0 radical (unpaired) electrons. The lowest BCUT2D eigenvalue weighted by molar-refractivity contribution is 0.447. The molecular weight excluding hydrogens is 1030 g/mol. The summed E-state index contributed by atoms with van der Waals surface area (Å²) >= 11 is 0. The van der Waals surface area contributed by atoms with E-state index in [1.165, 1.54) is 61.2 Å². The number of benzene rings is 14. The van der Waals surface area contributed by atoms with Crippen molar-refractivity contribution in [1.82, 2.24) is 0 Å². The van der Waals surface area contributed by atoms with Gasteiger partial charge in [-0.3, -0.25) is 0 Å². The van der Waals surface area contributed by atoms with Crippen LogP contribution in [-0.2, 0) is 10.8 Å². The third-order valence-electron chi connectivity index (χ3n) is 18.8. The van der Waals surface area contributed by atoms with Gasteiger partial charge in [0.15, 0.2) is 0 Å². The summed E-state index contributed by atoms with van der Waals surface area (Å²) in [5.74, 6) is 1.83. The fraction of sp³-hybridized carbons (Fsp3) is 0.0244. The molecule has 2 heterocycles. The molecule has 3 nitrogen and oxygen atoms in total. The summed E-state index contributed by atoms with van der Waals surface area (Å²) in [5, 5.41) is 6.77. The van der Waals surface area contributed by atoms with E-state index in [2.05, 4.69) is 302 Å². The Bertz CT molecular complexity index is 5090. The summed E-state index contributed by atoms with van der Waals surface area (Å²) in [7, 11) is 0.